The highest BCUT2D eigenvalue weighted by atomic mass is 35.5. The molecule has 0 fully saturated rings. The maximum absolute atomic E-state index is 6.50. The number of hydrogen-bond donors (Lipinski definition) is 1. The maximum atomic E-state index is 6.50. The van der Waals surface area contributed by atoms with Gasteiger partial charge in [0.1, 0.15) is 0 Å². The van der Waals surface area contributed by atoms with Crippen LogP contribution < -0.4 is 5.73 Å². The third kappa shape index (κ3) is 3.97. The molecule has 1 nitrogen and oxygen atoms in total. The van der Waals surface area contributed by atoms with E-state index < -0.39 is 0 Å². The standard InChI is InChI=1S/C12H18ClN.H4Si/c1-2-3-9-12(13,10-14)11-7-5-4-6-8-11;/h4-8H,2-3,9-10,14H2,1H3;1H4. The molecular weight excluding hydrogens is 222 g/mol. The molecule has 86 valence electrons. The molecule has 1 unspecified atom stereocenters. The van der Waals surface area contributed by atoms with E-state index in [2.05, 4.69) is 19.1 Å². The molecule has 15 heavy (non-hydrogen) atoms. The summed E-state index contributed by atoms with van der Waals surface area (Å²) in [7, 11) is 0. The Morgan fingerprint density at radius 1 is 1.27 bits per heavy atom. The average molecular weight is 244 g/mol. The van der Waals surface area contributed by atoms with Crippen molar-refractivity contribution in [3.05, 3.63) is 35.9 Å². The Balaban J connectivity index is 0.00000196. The summed E-state index contributed by atoms with van der Waals surface area (Å²) in [4.78, 5) is -0.364. The van der Waals surface area contributed by atoms with Crippen LogP contribution in [0, 0.1) is 0 Å². The monoisotopic (exact) mass is 243 g/mol. The summed E-state index contributed by atoms with van der Waals surface area (Å²) >= 11 is 6.50. The summed E-state index contributed by atoms with van der Waals surface area (Å²) in [5.41, 5.74) is 6.88. The molecule has 0 saturated carbocycles. The molecule has 1 atom stereocenters. The third-order valence-corrected chi connectivity index (χ3v) is 3.10. The second kappa shape index (κ2) is 7.04. The zero-order valence-electron chi connectivity index (χ0n) is 8.67. The number of alkyl halides is 1. The zero-order chi connectivity index (χ0) is 10.4. The highest BCUT2D eigenvalue weighted by molar-refractivity contribution is 6.24. The summed E-state index contributed by atoms with van der Waals surface area (Å²) in [5, 5.41) is 0. The van der Waals surface area contributed by atoms with Crippen molar-refractivity contribution in [2.75, 3.05) is 6.54 Å². The van der Waals surface area contributed by atoms with Gasteiger partial charge in [-0.3, -0.25) is 0 Å². The minimum atomic E-state index is -0.364. The number of unbranched alkanes of at least 4 members (excludes halogenated alkanes) is 1. The summed E-state index contributed by atoms with van der Waals surface area (Å²) < 4.78 is 0. The van der Waals surface area contributed by atoms with Gasteiger partial charge in [0.15, 0.2) is 0 Å². The minimum absolute atomic E-state index is 0. The van der Waals surface area contributed by atoms with E-state index in [0.717, 1.165) is 24.8 Å². The van der Waals surface area contributed by atoms with Gasteiger partial charge >= 0.3 is 0 Å². The largest absolute Gasteiger partial charge is 0.328 e. The molecule has 1 rings (SSSR count). The van der Waals surface area contributed by atoms with E-state index in [1.807, 2.05) is 18.2 Å². The second-order valence-electron chi connectivity index (χ2n) is 3.64. The molecule has 0 aliphatic heterocycles. The summed E-state index contributed by atoms with van der Waals surface area (Å²) in [5.74, 6) is 0. The van der Waals surface area contributed by atoms with Crippen LogP contribution in [0.15, 0.2) is 30.3 Å². The van der Waals surface area contributed by atoms with Crippen LogP contribution in [0.5, 0.6) is 0 Å². The number of benzene rings is 1. The van der Waals surface area contributed by atoms with Gasteiger partial charge in [-0.2, -0.15) is 0 Å². The first-order chi connectivity index (χ1) is 6.73. The first kappa shape index (κ1) is 14.7. The summed E-state index contributed by atoms with van der Waals surface area (Å²) in [6, 6.07) is 10.1. The quantitative estimate of drug-likeness (QED) is 0.620. The van der Waals surface area contributed by atoms with Gasteiger partial charge in [-0.15, -0.1) is 11.6 Å². The summed E-state index contributed by atoms with van der Waals surface area (Å²) in [6.07, 6.45) is 3.22. The SMILES string of the molecule is CCCCC(Cl)(CN)c1ccccc1.[SiH4]. The van der Waals surface area contributed by atoms with Crippen molar-refractivity contribution in [3.8, 4) is 0 Å². The number of halogens is 1. The van der Waals surface area contributed by atoms with Gasteiger partial charge in [-0.1, -0.05) is 50.1 Å². The van der Waals surface area contributed by atoms with Crippen LogP contribution in [0.4, 0.5) is 0 Å². The molecule has 1 aromatic carbocycles. The first-order valence-electron chi connectivity index (χ1n) is 5.17. The number of nitrogens with two attached hydrogens (primary N) is 1. The fourth-order valence-corrected chi connectivity index (χ4v) is 1.82. The molecule has 0 heterocycles. The number of hydrogen-bond acceptors (Lipinski definition) is 1. The lowest BCUT2D eigenvalue weighted by atomic mass is 9.93. The normalized spacial score (nSPS) is 14.1. The van der Waals surface area contributed by atoms with Gasteiger partial charge in [0, 0.05) is 6.54 Å². The van der Waals surface area contributed by atoms with Gasteiger partial charge in [0.2, 0.25) is 0 Å². The molecule has 1 aromatic rings. The van der Waals surface area contributed by atoms with Gasteiger partial charge in [-0.25, -0.2) is 0 Å². The van der Waals surface area contributed by atoms with Gasteiger partial charge in [0.25, 0.3) is 0 Å². The molecular formula is C12H22ClNSi. The van der Waals surface area contributed by atoms with Crippen LogP contribution in [-0.4, -0.2) is 17.5 Å². The molecule has 0 saturated heterocycles. The van der Waals surface area contributed by atoms with Crippen molar-refractivity contribution < 1.29 is 0 Å². The van der Waals surface area contributed by atoms with Crippen molar-refractivity contribution in [2.24, 2.45) is 5.73 Å². The Morgan fingerprint density at radius 2 is 1.87 bits per heavy atom. The van der Waals surface area contributed by atoms with Gasteiger partial charge in [0.05, 0.1) is 4.87 Å². The van der Waals surface area contributed by atoms with Crippen molar-refractivity contribution >= 4 is 22.6 Å². The Morgan fingerprint density at radius 3 is 2.33 bits per heavy atom. The van der Waals surface area contributed by atoms with Crippen molar-refractivity contribution in [2.45, 2.75) is 31.1 Å². The van der Waals surface area contributed by atoms with Crippen LogP contribution in [0.2, 0.25) is 0 Å². The third-order valence-electron chi connectivity index (χ3n) is 2.54. The van der Waals surface area contributed by atoms with Crippen molar-refractivity contribution in [1.82, 2.24) is 0 Å². The molecule has 0 aliphatic rings. The highest BCUT2D eigenvalue weighted by Gasteiger charge is 2.26. The van der Waals surface area contributed by atoms with Crippen LogP contribution in [0.25, 0.3) is 0 Å². The highest BCUT2D eigenvalue weighted by Crippen LogP contribution is 2.33. The molecule has 0 bridgehead atoms. The van der Waals surface area contributed by atoms with Gasteiger partial charge < -0.3 is 5.73 Å². The molecule has 0 aromatic heterocycles. The molecule has 2 N–H and O–H groups in total. The van der Waals surface area contributed by atoms with E-state index in [1.54, 1.807) is 0 Å². The lowest BCUT2D eigenvalue weighted by molar-refractivity contribution is 0.534. The Labute approximate surface area is 102 Å². The predicted octanol–water partition coefficient (Wildman–Crippen LogP) is 1.82. The van der Waals surface area contributed by atoms with Crippen LogP contribution >= 0.6 is 11.6 Å². The smallest absolute Gasteiger partial charge is 0.0816 e. The van der Waals surface area contributed by atoms with Crippen LogP contribution in [0.3, 0.4) is 0 Å². The first-order valence-corrected chi connectivity index (χ1v) is 5.55. The van der Waals surface area contributed by atoms with E-state index in [0.29, 0.717) is 6.54 Å². The second-order valence-corrected chi connectivity index (χ2v) is 4.36. The van der Waals surface area contributed by atoms with E-state index >= 15 is 0 Å². The van der Waals surface area contributed by atoms with Crippen molar-refractivity contribution in [3.63, 3.8) is 0 Å². The van der Waals surface area contributed by atoms with Crippen LogP contribution in [0.1, 0.15) is 31.7 Å². The Bertz CT molecular complexity index is 266. The summed E-state index contributed by atoms with van der Waals surface area (Å²) in [6.45, 7) is 2.66. The molecule has 0 radical (unpaired) electrons. The van der Waals surface area contributed by atoms with Gasteiger partial charge in [-0.05, 0) is 22.9 Å². The van der Waals surface area contributed by atoms with Crippen LogP contribution in [-0.2, 0) is 4.87 Å². The zero-order valence-corrected chi connectivity index (χ0v) is 9.43. The molecule has 0 aliphatic carbocycles. The van der Waals surface area contributed by atoms with E-state index in [1.165, 1.54) is 0 Å². The predicted molar refractivity (Wildman–Crippen MR) is 73.9 cm³/mol. The number of rotatable bonds is 5. The van der Waals surface area contributed by atoms with Crippen molar-refractivity contribution in [1.29, 1.82) is 0 Å². The minimum Gasteiger partial charge on any atom is -0.328 e. The topological polar surface area (TPSA) is 26.0 Å². The fourth-order valence-electron chi connectivity index (χ4n) is 1.56. The van der Waals surface area contributed by atoms with E-state index in [4.69, 9.17) is 17.3 Å². The maximum Gasteiger partial charge on any atom is 0.0816 e. The fraction of sp³-hybridized carbons (Fsp3) is 0.500. The Kier molecular flexibility index (Phi) is 6.90. The average Bonchev–Trinajstić information content (AvgIpc) is 2.27. The van der Waals surface area contributed by atoms with E-state index in [9.17, 15) is 0 Å². The molecule has 0 spiro atoms. The Hall–Kier alpha value is -0.313. The lowest BCUT2D eigenvalue weighted by Crippen LogP contribution is -2.29. The molecule has 3 heteroatoms. The molecule has 0 amide bonds. The lowest BCUT2D eigenvalue weighted by Gasteiger charge is -2.25. The van der Waals surface area contributed by atoms with E-state index in [-0.39, 0.29) is 15.8 Å².